The molecule has 22 heavy (non-hydrogen) atoms. The average Bonchev–Trinajstić information content (AvgIpc) is 3.02. The molecule has 1 aliphatic heterocycles. The van der Waals surface area contributed by atoms with Gasteiger partial charge in [0.15, 0.2) is 11.5 Å². The molecule has 0 atom stereocenters. The predicted molar refractivity (Wildman–Crippen MR) is 77.2 cm³/mol. The molecule has 0 radical (unpaired) electrons. The molecule has 110 valence electrons. The molecule has 7 heteroatoms. The van der Waals surface area contributed by atoms with E-state index in [1.807, 2.05) is 0 Å². The molecule has 1 aromatic heterocycles. The van der Waals surface area contributed by atoms with Crippen LogP contribution in [0.3, 0.4) is 0 Å². The van der Waals surface area contributed by atoms with Gasteiger partial charge in [-0.1, -0.05) is 0 Å². The number of ether oxygens (including phenoxy) is 2. The van der Waals surface area contributed by atoms with Crippen molar-refractivity contribution in [3.05, 3.63) is 42.0 Å². The monoisotopic (exact) mass is 297 g/mol. The lowest BCUT2D eigenvalue weighted by Crippen LogP contribution is -2.16. The number of benzene rings is 2. The van der Waals surface area contributed by atoms with E-state index in [0.717, 1.165) is 0 Å². The van der Waals surface area contributed by atoms with E-state index in [-0.39, 0.29) is 5.91 Å². The van der Waals surface area contributed by atoms with Crippen LogP contribution < -0.4 is 14.8 Å². The zero-order valence-corrected chi connectivity index (χ0v) is 11.4. The quantitative estimate of drug-likeness (QED) is 0.780. The van der Waals surface area contributed by atoms with Crippen LogP contribution >= 0.6 is 0 Å². The number of aromatic nitrogens is 2. The second-order valence-electron chi connectivity index (χ2n) is 4.78. The van der Waals surface area contributed by atoms with Crippen LogP contribution in [0.25, 0.3) is 11.0 Å². The maximum atomic E-state index is 12.3. The molecule has 0 bridgehead atoms. The number of nitrogens with zero attached hydrogens (tertiary/aromatic N) is 2. The summed E-state index contributed by atoms with van der Waals surface area (Å²) in [7, 11) is 0. The van der Waals surface area contributed by atoms with Gasteiger partial charge < -0.3 is 14.8 Å². The Balaban J connectivity index is 1.58. The molecule has 0 unspecified atom stereocenters. The molecule has 1 amide bonds. The number of anilines is 1. The summed E-state index contributed by atoms with van der Waals surface area (Å²) in [4.78, 5) is 12.3. The highest BCUT2D eigenvalue weighted by atomic mass is 16.6. The molecular formula is C15H11N3O4. The van der Waals surface area contributed by atoms with Crippen molar-refractivity contribution < 1.29 is 18.9 Å². The lowest BCUT2D eigenvalue weighted by molar-refractivity contribution is 0.102. The minimum absolute atomic E-state index is 0.249. The molecule has 1 aliphatic rings. The summed E-state index contributed by atoms with van der Waals surface area (Å²) in [6, 6.07) is 10.3. The van der Waals surface area contributed by atoms with Crippen molar-refractivity contribution in [3.8, 4) is 11.5 Å². The predicted octanol–water partition coefficient (Wildman–Crippen LogP) is 2.25. The van der Waals surface area contributed by atoms with Crippen LogP contribution in [0.1, 0.15) is 10.4 Å². The molecule has 1 N–H and O–H groups in total. The van der Waals surface area contributed by atoms with Crippen molar-refractivity contribution in [1.82, 2.24) is 10.3 Å². The second-order valence-corrected chi connectivity index (χ2v) is 4.78. The first kappa shape index (κ1) is 12.6. The Morgan fingerprint density at radius 3 is 2.68 bits per heavy atom. The molecule has 4 rings (SSSR count). The average molecular weight is 297 g/mol. The Bertz CT molecular complexity index is 859. The van der Waals surface area contributed by atoms with Crippen molar-refractivity contribution in [2.45, 2.75) is 0 Å². The first-order chi connectivity index (χ1) is 10.8. The van der Waals surface area contributed by atoms with Gasteiger partial charge in [0.25, 0.3) is 5.91 Å². The van der Waals surface area contributed by atoms with E-state index in [0.29, 0.717) is 47.0 Å². The third kappa shape index (κ3) is 2.22. The van der Waals surface area contributed by atoms with Crippen LogP contribution in [0.4, 0.5) is 5.69 Å². The normalized spacial score (nSPS) is 13.1. The smallest absolute Gasteiger partial charge is 0.255 e. The SMILES string of the molecule is O=C(Nc1ccc2c(c1)OCCO2)c1ccc2nonc2c1. The van der Waals surface area contributed by atoms with Crippen LogP contribution in [-0.2, 0) is 0 Å². The standard InChI is InChI=1S/C15H11N3O4/c19-15(9-1-3-11-12(7-9)18-22-17-11)16-10-2-4-13-14(8-10)21-6-5-20-13/h1-4,7-8H,5-6H2,(H,16,19). The second kappa shape index (κ2) is 5.03. The van der Waals surface area contributed by atoms with Crippen molar-refractivity contribution in [3.63, 3.8) is 0 Å². The zero-order chi connectivity index (χ0) is 14.9. The number of fused-ring (bicyclic) bond motifs is 2. The van der Waals surface area contributed by atoms with Crippen molar-refractivity contribution >= 4 is 22.6 Å². The van der Waals surface area contributed by atoms with Gasteiger partial charge in [-0.3, -0.25) is 4.79 Å². The maximum absolute atomic E-state index is 12.3. The fourth-order valence-electron chi connectivity index (χ4n) is 2.25. The summed E-state index contributed by atoms with van der Waals surface area (Å²) in [5.41, 5.74) is 2.25. The molecule has 0 spiro atoms. The molecule has 7 nitrogen and oxygen atoms in total. The Morgan fingerprint density at radius 1 is 0.955 bits per heavy atom. The van der Waals surface area contributed by atoms with Crippen LogP contribution in [-0.4, -0.2) is 29.4 Å². The lowest BCUT2D eigenvalue weighted by Gasteiger charge is -2.19. The van der Waals surface area contributed by atoms with Crippen LogP contribution in [0.2, 0.25) is 0 Å². The lowest BCUT2D eigenvalue weighted by atomic mass is 10.2. The summed E-state index contributed by atoms with van der Waals surface area (Å²) in [5, 5.41) is 10.2. The molecule has 0 saturated carbocycles. The van der Waals surface area contributed by atoms with E-state index in [4.69, 9.17) is 9.47 Å². The van der Waals surface area contributed by atoms with Gasteiger partial charge in [-0.05, 0) is 40.6 Å². The van der Waals surface area contributed by atoms with Gasteiger partial charge in [0.2, 0.25) is 0 Å². The summed E-state index contributed by atoms with van der Waals surface area (Å²) in [6.45, 7) is 1.03. The molecule has 0 fully saturated rings. The third-order valence-corrected chi connectivity index (χ3v) is 3.32. The third-order valence-electron chi connectivity index (χ3n) is 3.32. The summed E-state index contributed by atoms with van der Waals surface area (Å²) in [6.07, 6.45) is 0. The van der Waals surface area contributed by atoms with E-state index < -0.39 is 0 Å². The summed E-state index contributed by atoms with van der Waals surface area (Å²) >= 11 is 0. The minimum Gasteiger partial charge on any atom is -0.486 e. The first-order valence-corrected chi connectivity index (χ1v) is 6.73. The van der Waals surface area contributed by atoms with Gasteiger partial charge in [0, 0.05) is 17.3 Å². The minimum atomic E-state index is -0.249. The first-order valence-electron chi connectivity index (χ1n) is 6.73. The summed E-state index contributed by atoms with van der Waals surface area (Å²) in [5.74, 6) is 1.06. The molecule has 0 aliphatic carbocycles. The Kier molecular flexibility index (Phi) is 2.89. The van der Waals surface area contributed by atoms with Gasteiger partial charge in [0.1, 0.15) is 24.2 Å². The molecular weight excluding hydrogens is 286 g/mol. The van der Waals surface area contributed by atoms with Crippen molar-refractivity contribution in [1.29, 1.82) is 0 Å². The van der Waals surface area contributed by atoms with Crippen LogP contribution in [0.15, 0.2) is 41.0 Å². The largest absolute Gasteiger partial charge is 0.486 e. The fraction of sp³-hybridized carbons (Fsp3) is 0.133. The van der Waals surface area contributed by atoms with E-state index in [1.165, 1.54) is 0 Å². The molecule has 0 saturated heterocycles. The number of rotatable bonds is 2. The number of amides is 1. The Morgan fingerprint density at radius 2 is 1.77 bits per heavy atom. The van der Waals surface area contributed by atoms with Crippen molar-refractivity contribution in [2.75, 3.05) is 18.5 Å². The van der Waals surface area contributed by atoms with E-state index in [2.05, 4.69) is 20.3 Å². The van der Waals surface area contributed by atoms with E-state index in [1.54, 1.807) is 36.4 Å². The van der Waals surface area contributed by atoms with Crippen LogP contribution in [0.5, 0.6) is 11.5 Å². The number of carbonyl (C=O) groups is 1. The Hall–Kier alpha value is -3.09. The number of carbonyl (C=O) groups excluding carboxylic acids is 1. The van der Waals surface area contributed by atoms with Gasteiger partial charge in [0.05, 0.1) is 0 Å². The molecule has 3 aromatic rings. The molecule has 2 aromatic carbocycles. The highest BCUT2D eigenvalue weighted by Crippen LogP contribution is 2.32. The number of nitrogens with one attached hydrogen (secondary N) is 1. The Labute approximate surface area is 124 Å². The fourth-order valence-corrected chi connectivity index (χ4v) is 2.25. The molecule has 2 heterocycles. The summed E-state index contributed by atoms with van der Waals surface area (Å²) < 4.78 is 15.6. The van der Waals surface area contributed by atoms with Gasteiger partial charge >= 0.3 is 0 Å². The number of hydrogen-bond donors (Lipinski definition) is 1. The zero-order valence-electron chi connectivity index (χ0n) is 11.4. The highest BCUT2D eigenvalue weighted by Gasteiger charge is 2.14. The van der Waals surface area contributed by atoms with Gasteiger partial charge in [-0.2, -0.15) is 0 Å². The van der Waals surface area contributed by atoms with Gasteiger partial charge in [-0.25, -0.2) is 4.63 Å². The van der Waals surface area contributed by atoms with E-state index >= 15 is 0 Å². The topological polar surface area (TPSA) is 86.5 Å². The maximum Gasteiger partial charge on any atom is 0.255 e. The van der Waals surface area contributed by atoms with Crippen LogP contribution in [0, 0.1) is 0 Å². The van der Waals surface area contributed by atoms with E-state index in [9.17, 15) is 4.79 Å². The number of hydrogen-bond acceptors (Lipinski definition) is 6. The van der Waals surface area contributed by atoms with Crippen molar-refractivity contribution in [2.24, 2.45) is 0 Å². The highest BCUT2D eigenvalue weighted by molar-refractivity contribution is 6.05. The van der Waals surface area contributed by atoms with Gasteiger partial charge in [-0.15, -0.1) is 0 Å².